The van der Waals surface area contributed by atoms with Crippen molar-refractivity contribution in [2.24, 2.45) is 5.92 Å². The van der Waals surface area contributed by atoms with E-state index in [9.17, 15) is 5.11 Å². The molecule has 1 aromatic rings. The number of phenolic OH excluding ortho intramolecular Hbond substituents is 1. The molecule has 0 amide bonds. The van der Waals surface area contributed by atoms with Gasteiger partial charge in [0.15, 0.2) is 0 Å². The van der Waals surface area contributed by atoms with Crippen molar-refractivity contribution in [1.29, 1.82) is 0 Å². The SMILES string of the molecule is CC(C)C(S)c1ccccc1O. The minimum atomic E-state index is 0.117. The molecule has 0 aliphatic rings. The van der Waals surface area contributed by atoms with Crippen LogP contribution < -0.4 is 0 Å². The zero-order valence-corrected chi connectivity index (χ0v) is 8.25. The van der Waals surface area contributed by atoms with Crippen LogP contribution in [0.1, 0.15) is 24.7 Å². The molecule has 0 spiro atoms. The van der Waals surface area contributed by atoms with E-state index in [2.05, 4.69) is 26.5 Å². The van der Waals surface area contributed by atoms with Crippen LogP contribution in [0.2, 0.25) is 0 Å². The smallest absolute Gasteiger partial charge is 0.119 e. The summed E-state index contributed by atoms with van der Waals surface area (Å²) >= 11 is 4.42. The first kappa shape index (κ1) is 9.46. The molecule has 0 aliphatic heterocycles. The van der Waals surface area contributed by atoms with E-state index in [1.54, 1.807) is 6.07 Å². The third-order valence-electron chi connectivity index (χ3n) is 1.89. The molecule has 0 bridgehead atoms. The summed E-state index contributed by atoms with van der Waals surface area (Å²) in [6, 6.07) is 7.34. The van der Waals surface area contributed by atoms with Crippen LogP contribution in [0.4, 0.5) is 0 Å². The van der Waals surface area contributed by atoms with Crippen molar-refractivity contribution in [2.75, 3.05) is 0 Å². The normalized spacial score (nSPS) is 13.3. The third-order valence-corrected chi connectivity index (χ3v) is 2.76. The summed E-state index contributed by atoms with van der Waals surface area (Å²) in [4.78, 5) is 0. The van der Waals surface area contributed by atoms with E-state index in [1.807, 2.05) is 18.2 Å². The Labute approximate surface area is 78.8 Å². The Morgan fingerprint density at radius 1 is 1.25 bits per heavy atom. The van der Waals surface area contributed by atoms with Crippen LogP contribution in [0.25, 0.3) is 0 Å². The Morgan fingerprint density at radius 3 is 2.33 bits per heavy atom. The Hall–Kier alpha value is -0.630. The highest BCUT2D eigenvalue weighted by atomic mass is 32.1. The van der Waals surface area contributed by atoms with Gasteiger partial charge in [0, 0.05) is 10.8 Å². The summed E-state index contributed by atoms with van der Waals surface area (Å²) in [6.45, 7) is 4.17. The second-order valence-electron chi connectivity index (χ2n) is 3.25. The number of aromatic hydroxyl groups is 1. The molecule has 0 saturated carbocycles. The lowest BCUT2D eigenvalue weighted by atomic mass is 10.0. The predicted octanol–water partition coefficient (Wildman–Crippen LogP) is 3.02. The fourth-order valence-electron chi connectivity index (χ4n) is 1.10. The molecule has 1 aromatic carbocycles. The van der Waals surface area contributed by atoms with E-state index in [1.165, 1.54) is 0 Å². The molecule has 0 radical (unpaired) electrons. The van der Waals surface area contributed by atoms with Crippen LogP contribution in [0, 0.1) is 5.92 Å². The zero-order chi connectivity index (χ0) is 9.14. The van der Waals surface area contributed by atoms with E-state index in [0.29, 0.717) is 11.7 Å². The molecule has 1 N–H and O–H groups in total. The van der Waals surface area contributed by atoms with Gasteiger partial charge in [-0.15, -0.1) is 0 Å². The Balaban J connectivity index is 2.94. The number of hydrogen-bond acceptors (Lipinski definition) is 2. The molecule has 2 heteroatoms. The first-order valence-corrected chi connectivity index (χ1v) is 4.60. The maximum Gasteiger partial charge on any atom is 0.119 e. The lowest BCUT2D eigenvalue weighted by molar-refractivity contribution is 0.461. The van der Waals surface area contributed by atoms with Gasteiger partial charge in [-0.1, -0.05) is 32.0 Å². The van der Waals surface area contributed by atoms with E-state index >= 15 is 0 Å². The van der Waals surface area contributed by atoms with Crippen LogP contribution in [-0.2, 0) is 0 Å². The molecule has 1 unspecified atom stereocenters. The van der Waals surface area contributed by atoms with Crippen molar-refractivity contribution in [1.82, 2.24) is 0 Å². The van der Waals surface area contributed by atoms with Gasteiger partial charge >= 0.3 is 0 Å². The van der Waals surface area contributed by atoms with Gasteiger partial charge in [-0.05, 0) is 12.0 Å². The maximum atomic E-state index is 9.48. The van der Waals surface area contributed by atoms with E-state index in [-0.39, 0.29) is 5.25 Å². The van der Waals surface area contributed by atoms with Gasteiger partial charge in [0.2, 0.25) is 0 Å². The highest BCUT2D eigenvalue weighted by Gasteiger charge is 2.13. The van der Waals surface area contributed by atoms with E-state index in [0.717, 1.165) is 5.56 Å². The molecule has 1 nitrogen and oxygen atoms in total. The fraction of sp³-hybridized carbons (Fsp3) is 0.400. The molecule has 0 heterocycles. The second-order valence-corrected chi connectivity index (χ2v) is 3.80. The number of phenols is 1. The monoisotopic (exact) mass is 182 g/mol. The summed E-state index contributed by atoms with van der Waals surface area (Å²) in [7, 11) is 0. The van der Waals surface area contributed by atoms with Crippen molar-refractivity contribution in [3.05, 3.63) is 29.8 Å². The van der Waals surface area contributed by atoms with Crippen LogP contribution in [-0.4, -0.2) is 5.11 Å². The number of thiol groups is 1. The van der Waals surface area contributed by atoms with Crippen LogP contribution in [0.5, 0.6) is 5.75 Å². The topological polar surface area (TPSA) is 20.2 Å². The van der Waals surface area contributed by atoms with Crippen molar-refractivity contribution in [2.45, 2.75) is 19.1 Å². The highest BCUT2D eigenvalue weighted by molar-refractivity contribution is 7.80. The summed E-state index contributed by atoms with van der Waals surface area (Å²) in [5, 5.41) is 9.60. The Kier molecular flexibility index (Phi) is 3.04. The van der Waals surface area contributed by atoms with E-state index in [4.69, 9.17) is 0 Å². The van der Waals surface area contributed by atoms with Crippen LogP contribution >= 0.6 is 12.6 Å². The van der Waals surface area contributed by atoms with Crippen molar-refractivity contribution in [3.63, 3.8) is 0 Å². The Bertz CT molecular complexity index is 258. The molecule has 0 aliphatic carbocycles. The minimum absolute atomic E-state index is 0.117. The number of para-hydroxylation sites is 1. The lowest BCUT2D eigenvalue weighted by Crippen LogP contribution is -1.99. The lowest BCUT2D eigenvalue weighted by Gasteiger charge is -2.15. The number of hydrogen-bond donors (Lipinski definition) is 2. The molecule has 1 rings (SSSR count). The standard InChI is InChI=1S/C10H14OS/c1-7(2)10(12)8-5-3-4-6-9(8)11/h3-7,10-12H,1-2H3. The average molecular weight is 182 g/mol. The second kappa shape index (κ2) is 3.85. The molecular formula is C10H14OS. The van der Waals surface area contributed by atoms with Crippen molar-refractivity contribution >= 4 is 12.6 Å². The summed E-state index contributed by atoms with van der Waals surface area (Å²) in [6.07, 6.45) is 0. The number of rotatable bonds is 2. The summed E-state index contributed by atoms with van der Waals surface area (Å²) in [5.41, 5.74) is 0.913. The van der Waals surface area contributed by atoms with Gasteiger partial charge in [0.1, 0.15) is 5.75 Å². The largest absolute Gasteiger partial charge is 0.508 e. The highest BCUT2D eigenvalue weighted by Crippen LogP contribution is 2.33. The van der Waals surface area contributed by atoms with E-state index < -0.39 is 0 Å². The molecule has 66 valence electrons. The number of benzene rings is 1. The zero-order valence-electron chi connectivity index (χ0n) is 7.36. The van der Waals surface area contributed by atoms with Crippen molar-refractivity contribution in [3.8, 4) is 5.75 Å². The summed E-state index contributed by atoms with van der Waals surface area (Å²) in [5.74, 6) is 0.771. The van der Waals surface area contributed by atoms with Gasteiger partial charge in [-0.3, -0.25) is 0 Å². The molecule has 0 saturated heterocycles. The van der Waals surface area contributed by atoms with Crippen molar-refractivity contribution < 1.29 is 5.11 Å². The van der Waals surface area contributed by atoms with Gasteiger partial charge in [0.25, 0.3) is 0 Å². The van der Waals surface area contributed by atoms with Crippen LogP contribution in [0.15, 0.2) is 24.3 Å². The quantitative estimate of drug-likeness (QED) is 0.674. The van der Waals surface area contributed by atoms with Gasteiger partial charge < -0.3 is 5.11 Å². The minimum Gasteiger partial charge on any atom is -0.508 e. The van der Waals surface area contributed by atoms with Crippen LogP contribution in [0.3, 0.4) is 0 Å². The first-order chi connectivity index (χ1) is 5.63. The molecular weight excluding hydrogens is 168 g/mol. The third kappa shape index (κ3) is 1.95. The predicted molar refractivity (Wildman–Crippen MR) is 54.7 cm³/mol. The maximum absolute atomic E-state index is 9.48. The molecule has 0 fully saturated rings. The summed E-state index contributed by atoms with van der Waals surface area (Å²) < 4.78 is 0. The molecule has 1 atom stereocenters. The average Bonchev–Trinajstić information content (AvgIpc) is 2.04. The van der Waals surface area contributed by atoms with Gasteiger partial charge in [-0.2, -0.15) is 12.6 Å². The molecule has 0 aromatic heterocycles. The van der Waals surface area contributed by atoms with Gasteiger partial charge in [-0.25, -0.2) is 0 Å². The fourth-order valence-corrected chi connectivity index (χ4v) is 1.32. The first-order valence-electron chi connectivity index (χ1n) is 4.09. The molecule has 12 heavy (non-hydrogen) atoms. The Morgan fingerprint density at radius 2 is 1.83 bits per heavy atom. The van der Waals surface area contributed by atoms with Gasteiger partial charge in [0.05, 0.1) is 0 Å².